The summed E-state index contributed by atoms with van der Waals surface area (Å²) in [5, 5.41) is 11.9. The van der Waals surface area contributed by atoms with Crippen LogP contribution in [0.1, 0.15) is 36.1 Å². The van der Waals surface area contributed by atoms with E-state index < -0.39 is 5.97 Å². The molecular formula is C11H17NO2S. The molecule has 0 amide bonds. The summed E-state index contributed by atoms with van der Waals surface area (Å²) >= 11 is 1.75. The maximum atomic E-state index is 10.5. The summed E-state index contributed by atoms with van der Waals surface area (Å²) in [6.07, 6.45) is 0.161. The molecule has 4 heteroatoms. The maximum absolute atomic E-state index is 10.5. The highest BCUT2D eigenvalue weighted by atomic mass is 32.1. The second-order valence-electron chi connectivity index (χ2n) is 3.84. The minimum Gasteiger partial charge on any atom is -0.481 e. The second-order valence-corrected chi connectivity index (χ2v) is 5.16. The molecule has 0 aliphatic rings. The predicted octanol–water partition coefficient (Wildman–Crippen LogP) is 2.57. The van der Waals surface area contributed by atoms with Gasteiger partial charge in [-0.3, -0.25) is 4.79 Å². The van der Waals surface area contributed by atoms with Crippen molar-refractivity contribution >= 4 is 17.3 Å². The number of rotatable bonds is 5. The van der Waals surface area contributed by atoms with E-state index in [-0.39, 0.29) is 18.5 Å². The molecule has 84 valence electrons. The predicted molar refractivity (Wildman–Crippen MR) is 62.3 cm³/mol. The third-order valence-electron chi connectivity index (χ3n) is 2.20. The summed E-state index contributed by atoms with van der Waals surface area (Å²) in [4.78, 5) is 13.0. The molecule has 0 aliphatic heterocycles. The Morgan fingerprint density at radius 3 is 2.67 bits per heavy atom. The molecule has 2 atom stereocenters. The van der Waals surface area contributed by atoms with E-state index in [1.54, 1.807) is 11.3 Å². The lowest BCUT2D eigenvalue weighted by Crippen LogP contribution is -2.30. The number of hydrogen-bond donors (Lipinski definition) is 2. The van der Waals surface area contributed by atoms with Gasteiger partial charge in [0, 0.05) is 21.8 Å². The van der Waals surface area contributed by atoms with E-state index in [1.807, 2.05) is 6.92 Å². The van der Waals surface area contributed by atoms with E-state index in [0.29, 0.717) is 0 Å². The third-order valence-corrected chi connectivity index (χ3v) is 3.39. The Kier molecular flexibility index (Phi) is 4.29. The van der Waals surface area contributed by atoms with Crippen LogP contribution in [0.3, 0.4) is 0 Å². The molecule has 2 N–H and O–H groups in total. The van der Waals surface area contributed by atoms with Crippen LogP contribution in [-0.2, 0) is 4.79 Å². The number of aliphatic carboxylic acids is 1. The van der Waals surface area contributed by atoms with Crippen molar-refractivity contribution in [2.24, 2.45) is 0 Å². The molecule has 1 rings (SSSR count). The molecule has 0 aliphatic carbocycles. The van der Waals surface area contributed by atoms with E-state index in [9.17, 15) is 4.79 Å². The van der Waals surface area contributed by atoms with Crippen LogP contribution in [0.5, 0.6) is 0 Å². The van der Waals surface area contributed by atoms with Gasteiger partial charge in [-0.05, 0) is 32.9 Å². The summed E-state index contributed by atoms with van der Waals surface area (Å²) in [6, 6.07) is 4.39. The summed E-state index contributed by atoms with van der Waals surface area (Å²) in [6.45, 7) is 6.02. The van der Waals surface area contributed by atoms with Crippen LogP contribution in [0.4, 0.5) is 0 Å². The van der Waals surface area contributed by atoms with E-state index in [1.165, 1.54) is 9.75 Å². The fourth-order valence-electron chi connectivity index (χ4n) is 1.52. The van der Waals surface area contributed by atoms with Gasteiger partial charge in [-0.2, -0.15) is 0 Å². The largest absolute Gasteiger partial charge is 0.481 e. The molecule has 1 heterocycles. The lowest BCUT2D eigenvalue weighted by atomic mass is 10.2. The van der Waals surface area contributed by atoms with Gasteiger partial charge in [0.1, 0.15) is 0 Å². The average Bonchev–Trinajstić information content (AvgIpc) is 2.49. The quantitative estimate of drug-likeness (QED) is 0.812. The lowest BCUT2D eigenvalue weighted by Gasteiger charge is -2.17. The van der Waals surface area contributed by atoms with Crippen molar-refractivity contribution in [1.82, 2.24) is 5.32 Å². The summed E-state index contributed by atoms with van der Waals surface area (Å²) in [7, 11) is 0. The zero-order chi connectivity index (χ0) is 11.4. The second kappa shape index (κ2) is 5.28. The zero-order valence-electron chi connectivity index (χ0n) is 9.28. The monoisotopic (exact) mass is 227 g/mol. The highest BCUT2D eigenvalue weighted by molar-refractivity contribution is 7.12. The van der Waals surface area contributed by atoms with Crippen LogP contribution in [0.2, 0.25) is 0 Å². The van der Waals surface area contributed by atoms with Crippen molar-refractivity contribution in [3.8, 4) is 0 Å². The molecule has 0 saturated carbocycles. The van der Waals surface area contributed by atoms with Crippen LogP contribution in [0.15, 0.2) is 12.1 Å². The zero-order valence-corrected chi connectivity index (χ0v) is 10.1. The molecule has 0 aromatic carbocycles. The van der Waals surface area contributed by atoms with Crippen molar-refractivity contribution in [2.45, 2.75) is 39.3 Å². The topological polar surface area (TPSA) is 49.3 Å². The molecule has 0 fully saturated rings. The van der Waals surface area contributed by atoms with Crippen molar-refractivity contribution in [3.63, 3.8) is 0 Å². The third kappa shape index (κ3) is 4.01. The van der Waals surface area contributed by atoms with Gasteiger partial charge >= 0.3 is 5.97 Å². The fraction of sp³-hybridized carbons (Fsp3) is 0.545. The number of carboxylic acids is 1. The number of hydrogen-bond acceptors (Lipinski definition) is 3. The SMILES string of the molecule is Cc1ccc(C(C)NC(C)CC(=O)O)s1. The van der Waals surface area contributed by atoms with Crippen molar-refractivity contribution in [3.05, 3.63) is 21.9 Å². The molecule has 0 bridgehead atoms. The first-order valence-electron chi connectivity index (χ1n) is 5.03. The highest BCUT2D eigenvalue weighted by Crippen LogP contribution is 2.22. The number of nitrogens with one attached hydrogen (secondary N) is 1. The summed E-state index contributed by atoms with van der Waals surface area (Å²) in [5.41, 5.74) is 0. The van der Waals surface area contributed by atoms with Gasteiger partial charge in [-0.15, -0.1) is 11.3 Å². The first-order chi connectivity index (χ1) is 6.99. The van der Waals surface area contributed by atoms with Crippen molar-refractivity contribution in [1.29, 1.82) is 0 Å². The number of carbonyl (C=O) groups is 1. The molecule has 0 radical (unpaired) electrons. The fourth-order valence-corrected chi connectivity index (χ4v) is 2.40. The Hall–Kier alpha value is -0.870. The Morgan fingerprint density at radius 1 is 1.53 bits per heavy atom. The van der Waals surface area contributed by atoms with Gasteiger partial charge in [0.2, 0.25) is 0 Å². The number of thiophene rings is 1. The summed E-state index contributed by atoms with van der Waals surface area (Å²) < 4.78 is 0. The van der Waals surface area contributed by atoms with Crippen LogP contribution < -0.4 is 5.32 Å². The van der Waals surface area contributed by atoms with Gasteiger partial charge < -0.3 is 10.4 Å². The normalized spacial score (nSPS) is 14.9. The number of aryl methyl sites for hydroxylation is 1. The molecule has 3 nitrogen and oxygen atoms in total. The Morgan fingerprint density at radius 2 is 2.20 bits per heavy atom. The molecule has 0 saturated heterocycles. The van der Waals surface area contributed by atoms with E-state index >= 15 is 0 Å². The van der Waals surface area contributed by atoms with Gasteiger partial charge in [-0.1, -0.05) is 0 Å². The lowest BCUT2D eigenvalue weighted by molar-refractivity contribution is -0.137. The first-order valence-corrected chi connectivity index (χ1v) is 5.85. The Balaban J connectivity index is 2.48. The Bertz CT molecular complexity index is 335. The van der Waals surface area contributed by atoms with Gasteiger partial charge in [-0.25, -0.2) is 0 Å². The highest BCUT2D eigenvalue weighted by Gasteiger charge is 2.13. The van der Waals surface area contributed by atoms with Crippen LogP contribution in [0, 0.1) is 6.92 Å². The Labute approximate surface area is 94.1 Å². The van der Waals surface area contributed by atoms with Crippen LogP contribution >= 0.6 is 11.3 Å². The van der Waals surface area contributed by atoms with E-state index in [4.69, 9.17) is 5.11 Å². The van der Waals surface area contributed by atoms with E-state index in [0.717, 1.165) is 0 Å². The molecule has 1 aromatic heterocycles. The van der Waals surface area contributed by atoms with Crippen molar-refractivity contribution < 1.29 is 9.90 Å². The molecule has 0 spiro atoms. The molecule has 2 unspecified atom stereocenters. The maximum Gasteiger partial charge on any atom is 0.304 e. The van der Waals surface area contributed by atoms with Crippen LogP contribution in [0.25, 0.3) is 0 Å². The van der Waals surface area contributed by atoms with Gasteiger partial charge in [0.05, 0.1) is 6.42 Å². The van der Waals surface area contributed by atoms with E-state index in [2.05, 4.69) is 31.3 Å². The minimum atomic E-state index is -0.760. The summed E-state index contributed by atoms with van der Waals surface area (Å²) in [5.74, 6) is -0.760. The first kappa shape index (κ1) is 12.2. The van der Waals surface area contributed by atoms with Gasteiger partial charge in [0.15, 0.2) is 0 Å². The molecule has 1 aromatic rings. The van der Waals surface area contributed by atoms with Gasteiger partial charge in [0.25, 0.3) is 0 Å². The molecule has 15 heavy (non-hydrogen) atoms. The van der Waals surface area contributed by atoms with Crippen LogP contribution in [-0.4, -0.2) is 17.1 Å². The van der Waals surface area contributed by atoms with Crippen molar-refractivity contribution in [2.75, 3.05) is 0 Å². The smallest absolute Gasteiger partial charge is 0.304 e. The number of carboxylic acid groups (broad SMARTS) is 1. The standard InChI is InChI=1S/C11H17NO2S/c1-7(6-11(13)14)12-9(3)10-5-4-8(2)15-10/h4-5,7,9,12H,6H2,1-3H3,(H,13,14). The minimum absolute atomic E-state index is 0.0000869. The molecular weight excluding hydrogens is 210 g/mol. The average molecular weight is 227 g/mol.